The topological polar surface area (TPSA) is 78.5 Å². The lowest BCUT2D eigenvalue weighted by atomic mass is 10.0. The maximum absolute atomic E-state index is 13.6. The van der Waals surface area contributed by atoms with Crippen LogP contribution in [-0.4, -0.2) is 24.3 Å². The van der Waals surface area contributed by atoms with E-state index in [4.69, 9.17) is 0 Å². The highest BCUT2D eigenvalue weighted by Crippen LogP contribution is 2.36. The van der Waals surface area contributed by atoms with E-state index < -0.39 is 17.6 Å². The van der Waals surface area contributed by atoms with Crippen LogP contribution in [0.3, 0.4) is 0 Å². The fourth-order valence-electron chi connectivity index (χ4n) is 3.36. The zero-order valence-corrected chi connectivity index (χ0v) is 15.2. The van der Waals surface area contributed by atoms with Crippen molar-refractivity contribution in [1.82, 2.24) is 0 Å². The number of carbonyl (C=O) groups is 3. The Morgan fingerprint density at radius 3 is 2.50 bits per heavy atom. The number of benzene rings is 2. The van der Waals surface area contributed by atoms with Gasteiger partial charge in [-0.15, -0.1) is 0 Å². The van der Waals surface area contributed by atoms with Gasteiger partial charge in [0.1, 0.15) is 5.82 Å². The molecule has 0 saturated heterocycles. The van der Waals surface area contributed by atoms with Gasteiger partial charge in [-0.05, 0) is 55.5 Å². The van der Waals surface area contributed by atoms with Crippen molar-refractivity contribution in [2.45, 2.75) is 25.7 Å². The third kappa shape index (κ3) is 3.74. The highest BCUT2D eigenvalue weighted by Gasteiger charge is 2.35. The predicted molar refractivity (Wildman–Crippen MR) is 103 cm³/mol. The fourth-order valence-corrected chi connectivity index (χ4v) is 3.36. The van der Waals surface area contributed by atoms with Crippen LogP contribution in [0, 0.1) is 11.7 Å². The lowest BCUT2D eigenvalue weighted by Gasteiger charge is -2.30. The van der Waals surface area contributed by atoms with Crippen LogP contribution in [0.15, 0.2) is 42.5 Å². The van der Waals surface area contributed by atoms with E-state index in [1.807, 2.05) is 6.07 Å². The fraction of sp³-hybridized carbons (Fsp3) is 0.286. The van der Waals surface area contributed by atoms with Crippen molar-refractivity contribution in [3.63, 3.8) is 0 Å². The van der Waals surface area contributed by atoms with Gasteiger partial charge in [0.25, 0.3) is 0 Å². The molecule has 28 heavy (non-hydrogen) atoms. The van der Waals surface area contributed by atoms with E-state index in [9.17, 15) is 18.8 Å². The molecular formula is C21H20FN3O3. The first-order chi connectivity index (χ1) is 13.5. The Bertz CT molecular complexity index is 956. The summed E-state index contributed by atoms with van der Waals surface area (Å²) in [6, 6.07) is 10.9. The normalized spacial score (nSPS) is 15.5. The molecule has 4 rings (SSSR count). The second-order valence-corrected chi connectivity index (χ2v) is 7.10. The lowest BCUT2D eigenvalue weighted by Crippen LogP contribution is -2.36. The van der Waals surface area contributed by atoms with Crippen LogP contribution in [-0.2, 0) is 20.8 Å². The number of amides is 3. The number of nitrogens with zero attached hydrogens (tertiary/aromatic N) is 1. The summed E-state index contributed by atoms with van der Waals surface area (Å²) in [5, 5.41) is 4.78. The van der Waals surface area contributed by atoms with Crippen molar-refractivity contribution in [2.24, 2.45) is 5.92 Å². The number of hydrogen-bond acceptors (Lipinski definition) is 3. The number of rotatable bonds is 3. The minimum absolute atomic E-state index is 0.0608. The van der Waals surface area contributed by atoms with Gasteiger partial charge in [-0.1, -0.05) is 18.2 Å². The van der Waals surface area contributed by atoms with Crippen LogP contribution in [0.2, 0.25) is 0 Å². The Balaban J connectivity index is 1.48. The number of carbonyl (C=O) groups excluding carboxylic acids is 3. The second-order valence-electron chi connectivity index (χ2n) is 7.10. The Labute approximate surface area is 161 Å². The Kier molecular flexibility index (Phi) is 4.81. The summed E-state index contributed by atoms with van der Waals surface area (Å²) in [7, 11) is 0. The summed E-state index contributed by atoms with van der Waals surface area (Å²) in [6.07, 6.45) is 3.63. The van der Waals surface area contributed by atoms with Crippen LogP contribution in [0.4, 0.5) is 21.5 Å². The van der Waals surface area contributed by atoms with Gasteiger partial charge in [0, 0.05) is 23.8 Å². The molecule has 3 amide bonds. The molecule has 7 heteroatoms. The van der Waals surface area contributed by atoms with Crippen molar-refractivity contribution in [3.8, 4) is 0 Å². The highest BCUT2D eigenvalue weighted by atomic mass is 19.1. The predicted octanol–water partition coefficient (Wildman–Crippen LogP) is 3.09. The summed E-state index contributed by atoms with van der Waals surface area (Å²) in [4.78, 5) is 38.6. The Hall–Kier alpha value is -3.22. The molecule has 1 heterocycles. The van der Waals surface area contributed by atoms with Gasteiger partial charge in [0.15, 0.2) is 0 Å². The van der Waals surface area contributed by atoms with E-state index in [0.717, 1.165) is 36.9 Å². The molecule has 1 fully saturated rings. The zero-order valence-electron chi connectivity index (χ0n) is 15.2. The molecule has 144 valence electrons. The summed E-state index contributed by atoms with van der Waals surface area (Å²) < 4.78 is 13.6. The summed E-state index contributed by atoms with van der Waals surface area (Å²) >= 11 is 0. The van der Waals surface area contributed by atoms with Crippen LogP contribution in [0.1, 0.15) is 24.8 Å². The van der Waals surface area contributed by atoms with Crippen LogP contribution >= 0.6 is 0 Å². The van der Waals surface area contributed by atoms with Crippen molar-refractivity contribution < 1.29 is 18.8 Å². The standard InChI is InChI=1S/C21H20FN3O3/c22-16-5-1-2-6-17(16)24-20(27)19(26)23-15-10-9-13-4-3-11-25(18(13)12-15)21(28)14-7-8-14/h1-2,5-6,9-10,12,14H,3-4,7-8,11H2,(H,23,26)(H,24,27). The largest absolute Gasteiger partial charge is 0.318 e. The quantitative estimate of drug-likeness (QED) is 0.802. The van der Waals surface area contributed by atoms with Crippen molar-refractivity contribution in [1.29, 1.82) is 0 Å². The first kappa shape index (κ1) is 18.2. The van der Waals surface area contributed by atoms with E-state index in [1.165, 1.54) is 18.2 Å². The van der Waals surface area contributed by atoms with E-state index in [1.54, 1.807) is 23.1 Å². The van der Waals surface area contributed by atoms with Gasteiger partial charge >= 0.3 is 11.8 Å². The molecule has 2 aromatic rings. The molecule has 0 bridgehead atoms. The van der Waals surface area contributed by atoms with Crippen LogP contribution in [0.5, 0.6) is 0 Å². The molecule has 1 saturated carbocycles. The van der Waals surface area contributed by atoms with Gasteiger partial charge in [0.05, 0.1) is 5.69 Å². The Morgan fingerprint density at radius 2 is 1.75 bits per heavy atom. The van der Waals surface area contributed by atoms with Gasteiger partial charge < -0.3 is 15.5 Å². The van der Waals surface area contributed by atoms with E-state index >= 15 is 0 Å². The minimum atomic E-state index is -0.964. The molecule has 0 spiro atoms. The zero-order chi connectivity index (χ0) is 19.7. The molecule has 2 N–H and O–H groups in total. The number of hydrogen-bond donors (Lipinski definition) is 2. The minimum Gasteiger partial charge on any atom is -0.318 e. The molecule has 6 nitrogen and oxygen atoms in total. The van der Waals surface area contributed by atoms with Crippen molar-refractivity contribution in [2.75, 3.05) is 22.1 Å². The van der Waals surface area contributed by atoms with Gasteiger partial charge in [0.2, 0.25) is 5.91 Å². The maximum atomic E-state index is 13.6. The molecule has 1 aliphatic carbocycles. The third-order valence-electron chi connectivity index (χ3n) is 4.98. The molecule has 0 atom stereocenters. The SMILES string of the molecule is O=C(Nc1ccc2c(c1)N(C(=O)C1CC1)CCC2)C(=O)Nc1ccccc1F. The molecule has 2 aromatic carbocycles. The Morgan fingerprint density at radius 1 is 1.00 bits per heavy atom. The number of nitrogens with one attached hydrogen (secondary N) is 2. The highest BCUT2D eigenvalue weighted by molar-refractivity contribution is 6.43. The smallest absolute Gasteiger partial charge is 0.314 e. The second kappa shape index (κ2) is 7.42. The van der Waals surface area contributed by atoms with E-state index in [2.05, 4.69) is 10.6 Å². The molecule has 2 aliphatic rings. The van der Waals surface area contributed by atoms with E-state index in [-0.39, 0.29) is 17.5 Å². The number of anilines is 3. The molecule has 0 unspecified atom stereocenters. The monoisotopic (exact) mass is 381 g/mol. The van der Waals surface area contributed by atoms with Crippen molar-refractivity contribution >= 4 is 34.8 Å². The molecule has 0 radical (unpaired) electrons. The first-order valence-corrected chi connectivity index (χ1v) is 9.34. The first-order valence-electron chi connectivity index (χ1n) is 9.34. The third-order valence-corrected chi connectivity index (χ3v) is 4.98. The maximum Gasteiger partial charge on any atom is 0.314 e. The summed E-state index contributed by atoms with van der Waals surface area (Å²) in [5.41, 5.74) is 2.20. The van der Waals surface area contributed by atoms with Crippen LogP contribution in [0.25, 0.3) is 0 Å². The average molecular weight is 381 g/mol. The number of halogens is 1. The molecular weight excluding hydrogens is 361 g/mol. The summed E-state index contributed by atoms with van der Waals surface area (Å²) in [5.74, 6) is -2.25. The molecule has 1 aliphatic heterocycles. The number of fused-ring (bicyclic) bond motifs is 1. The number of para-hydroxylation sites is 1. The van der Waals surface area contributed by atoms with E-state index in [0.29, 0.717) is 12.2 Å². The van der Waals surface area contributed by atoms with Gasteiger partial charge in [-0.25, -0.2) is 4.39 Å². The van der Waals surface area contributed by atoms with Crippen molar-refractivity contribution in [3.05, 3.63) is 53.8 Å². The summed E-state index contributed by atoms with van der Waals surface area (Å²) in [6.45, 7) is 0.660. The average Bonchev–Trinajstić information content (AvgIpc) is 3.54. The van der Waals surface area contributed by atoms with Gasteiger partial charge in [-0.3, -0.25) is 14.4 Å². The lowest BCUT2D eigenvalue weighted by molar-refractivity contribution is -0.133. The number of aryl methyl sites for hydroxylation is 1. The molecule has 0 aromatic heterocycles. The van der Waals surface area contributed by atoms with Gasteiger partial charge in [-0.2, -0.15) is 0 Å². The van der Waals surface area contributed by atoms with Crippen LogP contribution < -0.4 is 15.5 Å².